The highest BCUT2D eigenvalue weighted by atomic mass is 32.2. The van der Waals surface area contributed by atoms with Crippen molar-refractivity contribution in [1.29, 1.82) is 0 Å². The zero-order valence-electron chi connectivity index (χ0n) is 15.5. The van der Waals surface area contributed by atoms with Gasteiger partial charge in [-0.3, -0.25) is 0 Å². The van der Waals surface area contributed by atoms with E-state index in [9.17, 15) is 13.2 Å². The molecule has 0 radical (unpaired) electrons. The number of benzene rings is 2. The van der Waals surface area contributed by atoms with Crippen LogP contribution in [-0.2, 0) is 14.8 Å². The van der Waals surface area contributed by atoms with Gasteiger partial charge in [-0.1, -0.05) is 6.07 Å². The van der Waals surface area contributed by atoms with Crippen molar-refractivity contribution in [3.05, 3.63) is 53.6 Å². The van der Waals surface area contributed by atoms with Crippen molar-refractivity contribution in [2.24, 2.45) is 0 Å². The maximum absolute atomic E-state index is 13.2. The highest BCUT2D eigenvalue weighted by Crippen LogP contribution is 2.40. The summed E-state index contributed by atoms with van der Waals surface area (Å²) in [6.07, 6.45) is 1.51. The monoisotopic (exact) mass is 403 g/mol. The van der Waals surface area contributed by atoms with Gasteiger partial charge in [-0.05, 0) is 54.8 Å². The molecule has 0 N–H and O–H groups in total. The molecule has 1 atom stereocenters. The number of hydrogen-bond acceptors (Lipinski definition) is 6. The zero-order chi connectivity index (χ0) is 19.7. The van der Waals surface area contributed by atoms with Crippen LogP contribution in [-0.4, -0.2) is 45.6 Å². The van der Waals surface area contributed by atoms with E-state index in [1.165, 1.54) is 35.7 Å². The Hall–Kier alpha value is -2.58. The number of carbonyl (C=O) groups excluding carboxylic acids is 1. The summed E-state index contributed by atoms with van der Waals surface area (Å²) in [5.74, 6) is 0.829. The van der Waals surface area contributed by atoms with Gasteiger partial charge in [0.05, 0.1) is 23.6 Å². The zero-order valence-corrected chi connectivity index (χ0v) is 16.3. The second kappa shape index (κ2) is 7.44. The molecule has 0 aromatic heterocycles. The number of sulfonamides is 1. The lowest BCUT2D eigenvalue weighted by Gasteiger charge is -2.26. The molecule has 2 aromatic carbocycles. The smallest absolute Gasteiger partial charge is 0.337 e. The summed E-state index contributed by atoms with van der Waals surface area (Å²) in [6.45, 7) is 1.44. The fraction of sp³-hybridized carbons (Fsp3) is 0.350. The molecule has 28 heavy (non-hydrogen) atoms. The number of fused-ring (bicyclic) bond motifs is 1. The molecule has 148 valence electrons. The average molecular weight is 403 g/mol. The predicted octanol–water partition coefficient (Wildman–Crippen LogP) is 2.77. The predicted molar refractivity (Wildman–Crippen MR) is 101 cm³/mol. The highest BCUT2D eigenvalue weighted by Gasteiger charge is 2.36. The Bertz CT molecular complexity index is 986. The van der Waals surface area contributed by atoms with Crippen molar-refractivity contribution < 1.29 is 27.4 Å². The van der Waals surface area contributed by atoms with Crippen LogP contribution in [0.3, 0.4) is 0 Å². The number of ether oxygens (including phenoxy) is 3. The van der Waals surface area contributed by atoms with Crippen molar-refractivity contribution in [2.45, 2.75) is 23.8 Å². The van der Waals surface area contributed by atoms with Crippen LogP contribution in [0.5, 0.6) is 11.5 Å². The number of esters is 1. The van der Waals surface area contributed by atoms with Crippen LogP contribution in [0.15, 0.2) is 47.4 Å². The van der Waals surface area contributed by atoms with Crippen LogP contribution in [0.4, 0.5) is 0 Å². The summed E-state index contributed by atoms with van der Waals surface area (Å²) in [4.78, 5) is 11.7. The number of hydrogen-bond donors (Lipinski definition) is 0. The Morgan fingerprint density at radius 1 is 1.07 bits per heavy atom. The van der Waals surface area contributed by atoms with Crippen molar-refractivity contribution in [3.8, 4) is 11.5 Å². The molecule has 0 saturated carbocycles. The van der Waals surface area contributed by atoms with Crippen molar-refractivity contribution in [2.75, 3.05) is 26.9 Å². The van der Waals surface area contributed by atoms with Gasteiger partial charge in [0.2, 0.25) is 10.0 Å². The fourth-order valence-electron chi connectivity index (χ4n) is 3.64. The minimum absolute atomic E-state index is 0.157. The summed E-state index contributed by atoms with van der Waals surface area (Å²) in [6, 6.07) is 11.2. The molecule has 1 fully saturated rings. The van der Waals surface area contributed by atoms with E-state index in [0.29, 0.717) is 36.8 Å². The van der Waals surface area contributed by atoms with E-state index in [0.717, 1.165) is 18.4 Å². The molecule has 7 nitrogen and oxygen atoms in total. The molecule has 8 heteroatoms. The summed E-state index contributed by atoms with van der Waals surface area (Å²) >= 11 is 0. The van der Waals surface area contributed by atoms with Crippen molar-refractivity contribution >= 4 is 16.0 Å². The number of nitrogens with zero attached hydrogens (tertiary/aromatic N) is 1. The Kier molecular flexibility index (Phi) is 4.99. The fourth-order valence-corrected chi connectivity index (χ4v) is 5.33. The molecule has 1 unspecified atom stereocenters. The maximum atomic E-state index is 13.2. The topological polar surface area (TPSA) is 82.1 Å². The minimum atomic E-state index is -3.70. The van der Waals surface area contributed by atoms with E-state index in [4.69, 9.17) is 9.47 Å². The first-order chi connectivity index (χ1) is 13.5. The first-order valence-electron chi connectivity index (χ1n) is 9.10. The normalized spacial score (nSPS) is 19.4. The lowest BCUT2D eigenvalue weighted by Crippen LogP contribution is -2.30. The minimum Gasteiger partial charge on any atom is -0.486 e. The maximum Gasteiger partial charge on any atom is 0.337 e. The molecule has 2 aromatic rings. The third kappa shape index (κ3) is 3.33. The lowest BCUT2D eigenvalue weighted by molar-refractivity contribution is 0.0600. The van der Waals surface area contributed by atoms with E-state index in [-0.39, 0.29) is 10.9 Å². The number of methoxy groups -OCH3 is 1. The number of carbonyl (C=O) groups is 1. The SMILES string of the molecule is COC(=O)c1ccc(S(=O)(=O)N2CCCC2c2ccc3c(c2)OCCO3)cc1. The van der Waals surface area contributed by atoms with Crippen LogP contribution in [0, 0.1) is 0 Å². The van der Waals surface area contributed by atoms with Crippen molar-refractivity contribution in [3.63, 3.8) is 0 Å². The molecule has 2 aliphatic heterocycles. The molecule has 0 spiro atoms. The third-order valence-corrected chi connectivity index (χ3v) is 6.96. The van der Waals surface area contributed by atoms with Gasteiger partial charge >= 0.3 is 5.97 Å². The van der Waals surface area contributed by atoms with Crippen molar-refractivity contribution in [1.82, 2.24) is 4.31 Å². The summed E-state index contributed by atoms with van der Waals surface area (Å²) in [5, 5.41) is 0. The van der Waals surface area contributed by atoms with E-state index in [1.807, 2.05) is 18.2 Å². The van der Waals surface area contributed by atoms with Crippen LogP contribution in [0.25, 0.3) is 0 Å². The van der Waals surface area contributed by atoms with E-state index in [1.54, 1.807) is 0 Å². The van der Waals surface area contributed by atoms with Gasteiger partial charge in [-0.15, -0.1) is 0 Å². The van der Waals surface area contributed by atoms with Gasteiger partial charge in [-0.25, -0.2) is 13.2 Å². The Balaban J connectivity index is 1.63. The van der Waals surface area contributed by atoms with Gasteiger partial charge in [0.1, 0.15) is 13.2 Å². The summed E-state index contributed by atoms with van der Waals surface area (Å²) in [5.41, 5.74) is 1.20. The first kappa shape index (κ1) is 18.8. The molecular formula is C20H21NO6S. The van der Waals surface area contributed by atoms with E-state index >= 15 is 0 Å². The molecule has 0 bridgehead atoms. The van der Waals surface area contributed by atoms with E-state index < -0.39 is 16.0 Å². The van der Waals surface area contributed by atoms with E-state index in [2.05, 4.69) is 4.74 Å². The largest absolute Gasteiger partial charge is 0.486 e. The first-order valence-corrected chi connectivity index (χ1v) is 10.5. The molecule has 1 saturated heterocycles. The van der Waals surface area contributed by atoms with Gasteiger partial charge < -0.3 is 14.2 Å². The third-order valence-electron chi connectivity index (χ3n) is 5.04. The van der Waals surface area contributed by atoms with Gasteiger partial charge in [0, 0.05) is 6.54 Å². The molecule has 0 aliphatic carbocycles. The van der Waals surface area contributed by atoms with Gasteiger partial charge in [-0.2, -0.15) is 4.31 Å². The molecular weight excluding hydrogens is 382 g/mol. The summed E-state index contributed by atoms with van der Waals surface area (Å²) < 4.78 is 43.8. The van der Waals surface area contributed by atoms with Crippen LogP contribution in [0.2, 0.25) is 0 Å². The average Bonchev–Trinajstić information content (AvgIpc) is 3.24. The Morgan fingerprint density at radius 3 is 2.50 bits per heavy atom. The molecule has 2 heterocycles. The quantitative estimate of drug-likeness (QED) is 0.730. The van der Waals surface area contributed by atoms with Crippen LogP contribution in [0.1, 0.15) is 34.8 Å². The molecule has 0 amide bonds. The lowest BCUT2D eigenvalue weighted by atomic mass is 10.0. The summed E-state index contributed by atoms with van der Waals surface area (Å²) in [7, 11) is -2.41. The molecule has 2 aliphatic rings. The second-order valence-corrected chi connectivity index (χ2v) is 8.58. The second-order valence-electron chi connectivity index (χ2n) is 6.69. The number of rotatable bonds is 4. The van der Waals surface area contributed by atoms with Crippen LogP contribution >= 0.6 is 0 Å². The highest BCUT2D eigenvalue weighted by molar-refractivity contribution is 7.89. The van der Waals surface area contributed by atoms with Gasteiger partial charge in [0.15, 0.2) is 11.5 Å². The van der Waals surface area contributed by atoms with Crippen LogP contribution < -0.4 is 9.47 Å². The Morgan fingerprint density at radius 2 is 1.79 bits per heavy atom. The van der Waals surface area contributed by atoms with Gasteiger partial charge in [0.25, 0.3) is 0 Å². The molecule has 4 rings (SSSR count). The standard InChI is InChI=1S/C20H21NO6S/c1-25-20(22)14-4-7-16(8-5-14)28(23,24)21-10-2-3-17(21)15-6-9-18-19(13-15)27-12-11-26-18/h4-9,13,17H,2-3,10-12H2,1H3. The Labute approximate surface area is 163 Å².